The number of fused-ring (bicyclic) bond motifs is 1. The third-order valence-electron chi connectivity index (χ3n) is 5.37. The van der Waals surface area contributed by atoms with Crippen LogP contribution in [0.25, 0.3) is 10.8 Å². The van der Waals surface area contributed by atoms with Gasteiger partial charge in [-0.05, 0) is 46.7 Å². The van der Waals surface area contributed by atoms with E-state index in [0.29, 0.717) is 5.56 Å². The van der Waals surface area contributed by atoms with Gasteiger partial charge in [-0.15, -0.1) is 0 Å². The molecule has 0 aliphatic heterocycles. The molecule has 0 aliphatic rings. The Morgan fingerprint density at radius 2 is 1.50 bits per heavy atom. The summed E-state index contributed by atoms with van der Waals surface area (Å²) in [6.45, 7) is 0. The van der Waals surface area contributed by atoms with E-state index in [1.165, 1.54) is 6.07 Å². The zero-order valence-electron chi connectivity index (χ0n) is 18.0. The van der Waals surface area contributed by atoms with Crippen LogP contribution in [-0.4, -0.2) is 28.9 Å². The first-order valence-corrected chi connectivity index (χ1v) is 10.6. The zero-order valence-corrected chi connectivity index (χ0v) is 18.0. The molecule has 0 bridgehead atoms. The standard InChI is InChI=1S/C27H21FN2O4/c28-21-12-13-22(26(32)30-24(27(33)34)14-17-6-2-1-3-7-17)23(16-21)29-25(31)20-11-10-18-8-4-5-9-19(18)15-20/h1-13,15-16,24H,14H2,(H,29,31)(H,30,32)(H,33,34)/t24-/m0/s1. The van der Waals surface area contributed by atoms with Gasteiger partial charge in [-0.25, -0.2) is 9.18 Å². The van der Waals surface area contributed by atoms with Gasteiger partial charge in [-0.1, -0.05) is 60.7 Å². The van der Waals surface area contributed by atoms with Crippen molar-refractivity contribution in [2.75, 3.05) is 5.32 Å². The van der Waals surface area contributed by atoms with E-state index in [1.807, 2.05) is 24.3 Å². The van der Waals surface area contributed by atoms with E-state index in [1.54, 1.807) is 48.5 Å². The Morgan fingerprint density at radius 1 is 0.794 bits per heavy atom. The van der Waals surface area contributed by atoms with Crippen LogP contribution < -0.4 is 10.6 Å². The number of carbonyl (C=O) groups excluding carboxylic acids is 2. The molecule has 4 rings (SSSR count). The molecule has 0 heterocycles. The largest absolute Gasteiger partial charge is 0.480 e. The Kier molecular flexibility index (Phi) is 6.64. The summed E-state index contributed by atoms with van der Waals surface area (Å²) in [5.41, 5.74) is 0.968. The summed E-state index contributed by atoms with van der Waals surface area (Å²) in [4.78, 5) is 37.5. The summed E-state index contributed by atoms with van der Waals surface area (Å²) >= 11 is 0. The molecule has 0 saturated carbocycles. The molecule has 4 aromatic rings. The van der Waals surface area contributed by atoms with Crippen LogP contribution in [-0.2, 0) is 11.2 Å². The van der Waals surface area contributed by atoms with Crippen LogP contribution in [0.3, 0.4) is 0 Å². The minimum absolute atomic E-state index is 0.0464. The Hall–Kier alpha value is -4.52. The lowest BCUT2D eigenvalue weighted by Gasteiger charge is -2.17. The number of hydrogen-bond donors (Lipinski definition) is 3. The quantitative estimate of drug-likeness (QED) is 0.377. The number of rotatable bonds is 7. The Morgan fingerprint density at radius 3 is 2.24 bits per heavy atom. The van der Waals surface area contributed by atoms with Gasteiger partial charge >= 0.3 is 5.97 Å². The number of halogens is 1. The molecule has 0 spiro atoms. The van der Waals surface area contributed by atoms with E-state index in [2.05, 4.69) is 10.6 Å². The number of carbonyl (C=O) groups is 3. The molecule has 34 heavy (non-hydrogen) atoms. The molecule has 4 aromatic carbocycles. The second kappa shape index (κ2) is 9.95. The minimum Gasteiger partial charge on any atom is -0.480 e. The van der Waals surface area contributed by atoms with E-state index < -0.39 is 29.6 Å². The second-order valence-electron chi connectivity index (χ2n) is 7.76. The molecule has 7 heteroatoms. The van der Waals surface area contributed by atoms with Crippen molar-refractivity contribution >= 4 is 34.2 Å². The van der Waals surface area contributed by atoms with Gasteiger partial charge in [0.05, 0.1) is 11.3 Å². The van der Waals surface area contributed by atoms with Crippen molar-refractivity contribution in [3.63, 3.8) is 0 Å². The Balaban J connectivity index is 1.56. The first-order chi connectivity index (χ1) is 16.4. The van der Waals surface area contributed by atoms with E-state index >= 15 is 0 Å². The number of carboxylic acid groups (broad SMARTS) is 1. The summed E-state index contributed by atoms with van der Waals surface area (Å²) < 4.78 is 14.0. The van der Waals surface area contributed by atoms with Gasteiger partial charge in [0.25, 0.3) is 11.8 Å². The summed E-state index contributed by atoms with van der Waals surface area (Å²) in [5.74, 6) is -3.12. The van der Waals surface area contributed by atoms with Crippen molar-refractivity contribution in [3.05, 3.63) is 114 Å². The summed E-state index contributed by atoms with van der Waals surface area (Å²) in [6.07, 6.45) is 0.0713. The Labute approximate surface area is 195 Å². The van der Waals surface area contributed by atoms with Crippen molar-refractivity contribution in [3.8, 4) is 0 Å². The smallest absolute Gasteiger partial charge is 0.326 e. The number of benzene rings is 4. The summed E-state index contributed by atoms with van der Waals surface area (Å²) in [7, 11) is 0. The van der Waals surface area contributed by atoms with Crippen molar-refractivity contribution < 1.29 is 23.9 Å². The highest BCUT2D eigenvalue weighted by molar-refractivity contribution is 6.10. The highest BCUT2D eigenvalue weighted by Gasteiger charge is 2.23. The first-order valence-electron chi connectivity index (χ1n) is 10.6. The number of aliphatic carboxylic acids is 1. The first kappa shape index (κ1) is 22.7. The van der Waals surface area contributed by atoms with Crippen LogP contribution in [0.2, 0.25) is 0 Å². The Bertz CT molecular complexity index is 1370. The van der Waals surface area contributed by atoms with Gasteiger partial charge in [0.15, 0.2) is 0 Å². The van der Waals surface area contributed by atoms with E-state index in [0.717, 1.165) is 28.5 Å². The fraction of sp³-hybridized carbons (Fsp3) is 0.0741. The maximum Gasteiger partial charge on any atom is 0.326 e. The fourth-order valence-electron chi connectivity index (χ4n) is 3.63. The van der Waals surface area contributed by atoms with Crippen LogP contribution in [0.5, 0.6) is 0 Å². The van der Waals surface area contributed by atoms with Gasteiger partial charge in [-0.2, -0.15) is 0 Å². The topological polar surface area (TPSA) is 95.5 Å². The fourth-order valence-corrected chi connectivity index (χ4v) is 3.63. The molecule has 0 fully saturated rings. The predicted octanol–water partition coefficient (Wildman–Crippen LogP) is 4.66. The van der Waals surface area contributed by atoms with E-state index in [-0.39, 0.29) is 17.7 Å². The number of carboxylic acids is 1. The lowest BCUT2D eigenvalue weighted by molar-refractivity contribution is -0.139. The SMILES string of the molecule is O=C(Nc1cc(F)ccc1C(=O)N[C@@H](Cc1ccccc1)C(=O)O)c1ccc2ccccc2c1. The summed E-state index contributed by atoms with van der Waals surface area (Å²) in [5, 5.41) is 16.4. The molecule has 0 unspecified atom stereocenters. The summed E-state index contributed by atoms with van der Waals surface area (Å²) in [6, 6.07) is 23.6. The number of amides is 2. The van der Waals surface area contributed by atoms with Crippen molar-refractivity contribution in [1.29, 1.82) is 0 Å². The molecule has 170 valence electrons. The van der Waals surface area contributed by atoms with Gasteiger partial charge in [0.2, 0.25) is 0 Å². The van der Waals surface area contributed by atoms with Crippen molar-refractivity contribution in [2.24, 2.45) is 0 Å². The molecular formula is C27H21FN2O4. The number of anilines is 1. The predicted molar refractivity (Wildman–Crippen MR) is 127 cm³/mol. The van der Waals surface area contributed by atoms with Crippen LogP contribution in [0.4, 0.5) is 10.1 Å². The lowest BCUT2D eigenvalue weighted by Crippen LogP contribution is -2.42. The van der Waals surface area contributed by atoms with Crippen LogP contribution in [0, 0.1) is 5.82 Å². The molecular weight excluding hydrogens is 435 g/mol. The van der Waals surface area contributed by atoms with Gasteiger partial charge in [-0.3, -0.25) is 9.59 Å². The van der Waals surface area contributed by atoms with Gasteiger partial charge in [0, 0.05) is 12.0 Å². The van der Waals surface area contributed by atoms with E-state index in [9.17, 15) is 23.9 Å². The number of nitrogens with one attached hydrogen (secondary N) is 2. The van der Waals surface area contributed by atoms with Crippen molar-refractivity contribution in [2.45, 2.75) is 12.5 Å². The maximum atomic E-state index is 14.0. The molecule has 0 radical (unpaired) electrons. The van der Waals surface area contributed by atoms with Crippen LogP contribution in [0.1, 0.15) is 26.3 Å². The third kappa shape index (κ3) is 5.27. The third-order valence-corrected chi connectivity index (χ3v) is 5.37. The van der Waals surface area contributed by atoms with Gasteiger partial charge in [0.1, 0.15) is 11.9 Å². The lowest BCUT2D eigenvalue weighted by atomic mass is 10.0. The molecule has 6 nitrogen and oxygen atoms in total. The average Bonchev–Trinajstić information content (AvgIpc) is 2.84. The number of hydrogen-bond acceptors (Lipinski definition) is 3. The van der Waals surface area contributed by atoms with Gasteiger partial charge < -0.3 is 15.7 Å². The average molecular weight is 456 g/mol. The van der Waals surface area contributed by atoms with Crippen LogP contribution in [0.15, 0.2) is 91.0 Å². The minimum atomic E-state index is -1.21. The van der Waals surface area contributed by atoms with Crippen LogP contribution >= 0.6 is 0 Å². The normalized spacial score (nSPS) is 11.6. The molecule has 2 amide bonds. The van der Waals surface area contributed by atoms with E-state index in [4.69, 9.17) is 0 Å². The maximum absolute atomic E-state index is 14.0. The highest BCUT2D eigenvalue weighted by Crippen LogP contribution is 2.21. The zero-order chi connectivity index (χ0) is 24.1. The highest BCUT2D eigenvalue weighted by atomic mass is 19.1. The second-order valence-corrected chi connectivity index (χ2v) is 7.76. The van der Waals surface area contributed by atoms with Crippen molar-refractivity contribution in [1.82, 2.24) is 5.32 Å². The monoisotopic (exact) mass is 456 g/mol. The molecule has 3 N–H and O–H groups in total. The molecule has 1 atom stereocenters. The molecule has 0 aliphatic carbocycles. The molecule has 0 aromatic heterocycles. The molecule has 0 saturated heterocycles.